The highest BCUT2D eigenvalue weighted by Crippen LogP contribution is 2.26. The summed E-state index contributed by atoms with van der Waals surface area (Å²) in [5.74, 6) is 1.22. The number of fused-ring (bicyclic) bond motifs is 1. The van der Waals surface area contributed by atoms with E-state index in [1.807, 2.05) is 17.5 Å². The maximum Gasteiger partial charge on any atom is 0.412 e. The van der Waals surface area contributed by atoms with Crippen LogP contribution in [-0.4, -0.2) is 17.7 Å². The first-order valence-corrected chi connectivity index (χ1v) is 8.56. The fourth-order valence-corrected chi connectivity index (χ4v) is 3.03. The van der Waals surface area contributed by atoms with E-state index in [9.17, 15) is 22.8 Å². The molecule has 0 atom stereocenters. The number of halogens is 3. The van der Waals surface area contributed by atoms with E-state index in [4.69, 9.17) is 6.42 Å². The molecule has 0 saturated carbocycles. The Hall–Kier alpha value is -2.65. The lowest BCUT2D eigenvalue weighted by Gasteiger charge is -2.08. The second-order valence-electron chi connectivity index (χ2n) is 5.61. The maximum atomic E-state index is 12.6. The van der Waals surface area contributed by atoms with Crippen molar-refractivity contribution in [2.45, 2.75) is 25.9 Å². The fourth-order valence-electron chi connectivity index (χ4n) is 2.26. The van der Waals surface area contributed by atoms with Crippen molar-refractivity contribution >= 4 is 33.0 Å². The first-order chi connectivity index (χ1) is 12.2. The van der Waals surface area contributed by atoms with Crippen LogP contribution in [0.1, 0.15) is 30.1 Å². The SMILES string of the molecule is C#C/C=C(\C=C(/C)C(F)(F)F)C(=O)CCC(=O)c1ccc2sccc2c1. The van der Waals surface area contributed by atoms with Crippen molar-refractivity contribution in [3.63, 3.8) is 0 Å². The van der Waals surface area contributed by atoms with Crippen LogP contribution in [0.25, 0.3) is 10.1 Å². The van der Waals surface area contributed by atoms with Crippen molar-refractivity contribution in [2.75, 3.05) is 0 Å². The van der Waals surface area contributed by atoms with Gasteiger partial charge in [-0.1, -0.05) is 5.92 Å². The minimum Gasteiger partial charge on any atom is -0.294 e. The van der Waals surface area contributed by atoms with Gasteiger partial charge in [-0.2, -0.15) is 13.2 Å². The van der Waals surface area contributed by atoms with Crippen LogP contribution < -0.4 is 0 Å². The van der Waals surface area contributed by atoms with Crippen LogP contribution >= 0.6 is 11.3 Å². The third-order valence-electron chi connectivity index (χ3n) is 3.73. The van der Waals surface area contributed by atoms with Gasteiger partial charge in [0.15, 0.2) is 11.6 Å². The predicted molar refractivity (Wildman–Crippen MR) is 97.1 cm³/mol. The molecule has 1 aromatic heterocycles. The molecule has 2 nitrogen and oxygen atoms in total. The zero-order valence-electron chi connectivity index (χ0n) is 13.9. The second-order valence-corrected chi connectivity index (χ2v) is 6.56. The standard InChI is InChI=1S/C20H15F3O2S/c1-3-4-14(11-13(2)20(21,22)23)17(24)6-7-18(25)15-5-8-19-16(12-15)9-10-26-19/h1,4-5,8-12H,6-7H2,2H3/b13-11+,14-4+. The Morgan fingerprint density at radius 2 is 1.96 bits per heavy atom. The van der Waals surface area contributed by atoms with Crippen molar-refractivity contribution in [3.8, 4) is 12.3 Å². The average molecular weight is 376 g/mol. The van der Waals surface area contributed by atoms with Gasteiger partial charge in [-0.15, -0.1) is 17.8 Å². The van der Waals surface area contributed by atoms with E-state index < -0.39 is 17.5 Å². The molecule has 0 saturated heterocycles. The molecule has 0 N–H and O–H groups in total. The number of Topliss-reactive ketones (excluding diaryl/α,β-unsaturated/α-hetero) is 2. The molecule has 2 aromatic rings. The number of terminal acetylenes is 1. The summed E-state index contributed by atoms with van der Waals surface area (Å²) >= 11 is 1.55. The quantitative estimate of drug-likeness (QED) is 0.289. The summed E-state index contributed by atoms with van der Waals surface area (Å²) in [4.78, 5) is 24.4. The summed E-state index contributed by atoms with van der Waals surface area (Å²) in [5.41, 5.74) is -0.696. The Morgan fingerprint density at radius 1 is 1.23 bits per heavy atom. The summed E-state index contributed by atoms with van der Waals surface area (Å²) in [6, 6.07) is 7.14. The van der Waals surface area contributed by atoms with E-state index in [0.717, 1.165) is 23.1 Å². The van der Waals surface area contributed by atoms with Crippen molar-refractivity contribution in [2.24, 2.45) is 0 Å². The van der Waals surface area contributed by atoms with E-state index in [1.54, 1.807) is 23.5 Å². The normalized spacial score (nSPS) is 12.9. The van der Waals surface area contributed by atoms with Crippen molar-refractivity contribution in [1.29, 1.82) is 0 Å². The van der Waals surface area contributed by atoms with Gasteiger partial charge in [0, 0.05) is 34.3 Å². The van der Waals surface area contributed by atoms with Crippen LogP contribution in [0.3, 0.4) is 0 Å². The van der Waals surface area contributed by atoms with Gasteiger partial charge in [-0.3, -0.25) is 9.59 Å². The number of carbonyl (C=O) groups is 2. The van der Waals surface area contributed by atoms with Gasteiger partial charge in [0.1, 0.15) is 0 Å². The van der Waals surface area contributed by atoms with Crippen molar-refractivity contribution in [1.82, 2.24) is 0 Å². The largest absolute Gasteiger partial charge is 0.412 e. The van der Waals surface area contributed by atoms with Crippen LogP contribution in [0.5, 0.6) is 0 Å². The molecule has 0 spiro atoms. The van der Waals surface area contributed by atoms with E-state index in [2.05, 4.69) is 5.92 Å². The molecule has 1 aromatic carbocycles. The van der Waals surface area contributed by atoms with Crippen molar-refractivity contribution in [3.05, 3.63) is 58.5 Å². The van der Waals surface area contributed by atoms with Gasteiger partial charge in [0.2, 0.25) is 0 Å². The highest BCUT2D eigenvalue weighted by molar-refractivity contribution is 7.17. The molecule has 6 heteroatoms. The van der Waals surface area contributed by atoms with Crippen LogP contribution in [0.15, 0.2) is 52.9 Å². The molecule has 0 radical (unpaired) electrons. The van der Waals surface area contributed by atoms with Gasteiger partial charge in [0.05, 0.1) is 0 Å². The number of rotatable bonds is 6. The lowest BCUT2D eigenvalue weighted by molar-refractivity contribution is -0.115. The minimum atomic E-state index is -4.54. The van der Waals surface area contributed by atoms with Crippen molar-refractivity contribution < 1.29 is 22.8 Å². The predicted octanol–water partition coefficient (Wildman–Crippen LogP) is 5.50. The van der Waals surface area contributed by atoms with Gasteiger partial charge in [-0.25, -0.2) is 0 Å². The lowest BCUT2D eigenvalue weighted by atomic mass is 9.99. The van der Waals surface area contributed by atoms with Crippen LogP contribution in [0.4, 0.5) is 13.2 Å². The molecular formula is C20H15F3O2S. The number of carbonyl (C=O) groups excluding carboxylic acids is 2. The molecule has 0 aliphatic rings. The minimum absolute atomic E-state index is 0.102. The molecule has 0 fully saturated rings. The van der Waals surface area contributed by atoms with Crippen LogP contribution in [0, 0.1) is 12.3 Å². The van der Waals surface area contributed by atoms with E-state index in [0.29, 0.717) is 11.6 Å². The number of hydrogen-bond donors (Lipinski definition) is 0. The first-order valence-electron chi connectivity index (χ1n) is 7.68. The van der Waals surface area contributed by atoms with E-state index >= 15 is 0 Å². The maximum absolute atomic E-state index is 12.6. The molecule has 0 aliphatic heterocycles. The number of ketones is 2. The Morgan fingerprint density at radius 3 is 2.62 bits per heavy atom. The summed E-state index contributed by atoms with van der Waals surface area (Å²) in [5, 5.41) is 2.85. The molecule has 26 heavy (non-hydrogen) atoms. The number of benzene rings is 1. The molecule has 0 aliphatic carbocycles. The Bertz CT molecular complexity index is 940. The molecule has 2 rings (SSSR count). The van der Waals surface area contributed by atoms with Crippen LogP contribution in [-0.2, 0) is 4.79 Å². The Kier molecular flexibility index (Phi) is 6.17. The third kappa shape index (κ3) is 4.93. The second kappa shape index (κ2) is 8.15. The third-order valence-corrected chi connectivity index (χ3v) is 4.63. The molecule has 0 bridgehead atoms. The number of allylic oxidation sites excluding steroid dienone is 4. The number of hydrogen-bond acceptors (Lipinski definition) is 3. The Labute approximate surface area is 153 Å². The lowest BCUT2D eigenvalue weighted by Crippen LogP contribution is -2.11. The molecule has 1 heterocycles. The summed E-state index contributed by atoms with van der Waals surface area (Å²) in [6.45, 7) is 0.860. The molecule has 0 amide bonds. The highest BCUT2D eigenvalue weighted by Gasteiger charge is 2.30. The number of alkyl halides is 3. The fraction of sp³-hybridized carbons (Fsp3) is 0.200. The zero-order chi connectivity index (χ0) is 19.3. The average Bonchev–Trinajstić information content (AvgIpc) is 3.05. The highest BCUT2D eigenvalue weighted by atomic mass is 32.1. The monoisotopic (exact) mass is 376 g/mol. The summed E-state index contributed by atoms with van der Waals surface area (Å²) < 4.78 is 39.0. The molecule has 134 valence electrons. The van der Waals surface area contributed by atoms with E-state index in [1.165, 1.54) is 0 Å². The summed E-state index contributed by atoms with van der Waals surface area (Å²) in [6.07, 6.45) is 1.93. The summed E-state index contributed by atoms with van der Waals surface area (Å²) in [7, 11) is 0. The van der Waals surface area contributed by atoms with Gasteiger partial charge in [0.25, 0.3) is 0 Å². The van der Waals surface area contributed by atoms with Crippen LogP contribution in [0.2, 0.25) is 0 Å². The Balaban J connectivity index is 2.08. The van der Waals surface area contributed by atoms with Gasteiger partial charge >= 0.3 is 6.18 Å². The number of thiophene rings is 1. The zero-order valence-corrected chi connectivity index (χ0v) is 14.7. The first kappa shape index (κ1) is 19.7. The topological polar surface area (TPSA) is 34.1 Å². The molecular weight excluding hydrogens is 361 g/mol. The van der Waals surface area contributed by atoms with E-state index in [-0.39, 0.29) is 24.2 Å². The smallest absolute Gasteiger partial charge is 0.294 e. The molecule has 0 unspecified atom stereocenters. The van der Waals surface area contributed by atoms with Gasteiger partial charge < -0.3 is 0 Å². The van der Waals surface area contributed by atoms with Gasteiger partial charge in [-0.05, 0) is 54.1 Å².